The lowest BCUT2D eigenvalue weighted by molar-refractivity contribution is -0.217. The summed E-state index contributed by atoms with van der Waals surface area (Å²) in [6.45, 7) is 8.47. The van der Waals surface area contributed by atoms with E-state index in [9.17, 15) is 8.42 Å². The smallest absolute Gasteiger partial charge is 0.240 e. The van der Waals surface area contributed by atoms with Gasteiger partial charge in [-0.15, -0.1) is 0 Å². The minimum atomic E-state index is -3.64. The Kier molecular flexibility index (Phi) is 7.92. The van der Waals surface area contributed by atoms with Crippen LogP contribution in [0.4, 0.5) is 0 Å². The average Bonchev–Trinajstić information content (AvgIpc) is 3.15. The highest BCUT2D eigenvalue weighted by Gasteiger charge is 2.55. The third-order valence-corrected chi connectivity index (χ3v) is 6.89. The van der Waals surface area contributed by atoms with Gasteiger partial charge < -0.3 is 18.9 Å². The van der Waals surface area contributed by atoms with E-state index in [0.29, 0.717) is 6.61 Å². The summed E-state index contributed by atoms with van der Waals surface area (Å²) in [5.74, 6) is -0.746. The molecule has 0 saturated carbocycles. The molecule has 30 heavy (non-hydrogen) atoms. The highest BCUT2D eigenvalue weighted by Crippen LogP contribution is 2.38. The molecule has 0 bridgehead atoms. The van der Waals surface area contributed by atoms with Crippen LogP contribution in [0.3, 0.4) is 0 Å². The molecule has 1 aromatic rings. The summed E-state index contributed by atoms with van der Waals surface area (Å²) in [4.78, 5) is 0.230. The predicted molar refractivity (Wildman–Crippen MR) is 114 cm³/mol. The van der Waals surface area contributed by atoms with Crippen molar-refractivity contribution in [2.24, 2.45) is 0 Å². The molecule has 0 unspecified atom stereocenters. The number of unbranched alkanes of at least 4 members (excludes halogenated alkanes) is 4. The quantitative estimate of drug-likeness (QED) is 0.529. The van der Waals surface area contributed by atoms with Crippen LogP contribution >= 0.6 is 0 Å². The van der Waals surface area contributed by atoms with E-state index in [1.165, 1.54) is 19.3 Å². The van der Waals surface area contributed by atoms with Gasteiger partial charge in [0.1, 0.15) is 18.3 Å². The molecule has 1 N–H and O–H groups in total. The maximum absolute atomic E-state index is 12.6. The van der Waals surface area contributed by atoms with Crippen molar-refractivity contribution in [1.29, 1.82) is 0 Å². The molecule has 4 atom stereocenters. The summed E-state index contributed by atoms with van der Waals surface area (Å²) in [5.41, 5.74) is 1.00. The number of fused-ring (bicyclic) bond motifs is 1. The number of benzene rings is 1. The van der Waals surface area contributed by atoms with Gasteiger partial charge in [0, 0.05) is 13.2 Å². The first-order valence-corrected chi connectivity index (χ1v) is 12.4. The molecule has 170 valence electrons. The van der Waals surface area contributed by atoms with Crippen LogP contribution in [0.2, 0.25) is 0 Å². The van der Waals surface area contributed by atoms with Crippen molar-refractivity contribution < 1.29 is 27.4 Å². The summed E-state index contributed by atoms with van der Waals surface area (Å²) in [6.07, 6.45) is 3.90. The van der Waals surface area contributed by atoms with Crippen LogP contribution in [0.5, 0.6) is 0 Å². The fourth-order valence-electron chi connectivity index (χ4n) is 3.83. The number of aryl methyl sites for hydroxylation is 1. The first-order valence-electron chi connectivity index (χ1n) is 10.9. The number of ether oxygens (including phenoxy) is 4. The Bertz CT molecular complexity index is 779. The van der Waals surface area contributed by atoms with E-state index < -0.39 is 28.2 Å². The summed E-state index contributed by atoms with van der Waals surface area (Å²) in [5, 5.41) is 0. The SMILES string of the molecule is CCCCCCCO[C@@H]1[C@H]2OC(C)(C)O[C@H]2O[C@@H]1CNS(=O)(=O)c1ccc(C)cc1. The molecule has 8 heteroatoms. The van der Waals surface area contributed by atoms with Crippen molar-refractivity contribution in [3.05, 3.63) is 29.8 Å². The lowest BCUT2D eigenvalue weighted by Crippen LogP contribution is -2.43. The Labute approximate surface area is 180 Å². The van der Waals surface area contributed by atoms with Crippen molar-refractivity contribution in [3.63, 3.8) is 0 Å². The molecule has 2 heterocycles. The minimum absolute atomic E-state index is 0.0941. The number of hydrogen-bond acceptors (Lipinski definition) is 6. The van der Waals surface area contributed by atoms with Crippen LogP contribution in [0.15, 0.2) is 29.2 Å². The summed E-state index contributed by atoms with van der Waals surface area (Å²) >= 11 is 0. The van der Waals surface area contributed by atoms with E-state index in [-0.39, 0.29) is 23.6 Å². The molecule has 2 aliphatic rings. The molecule has 0 aliphatic carbocycles. The Morgan fingerprint density at radius 2 is 1.77 bits per heavy atom. The van der Waals surface area contributed by atoms with E-state index in [1.54, 1.807) is 24.3 Å². The lowest BCUT2D eigenvalue weighted by atomic mass is 10.1. The summed E-state index contributed by atoms with van der Waals surface area (Å²) < 4.78 is 51.9. The number of nitrogens with one attached hydrogen (secondary N) is 1. The van der Waals surface area contributed by atoms with E-state index in [0.717, 1.165) is 18.4 Å². The van der Waals surface area contributed by atoms with Crippen molar-refractivity contribution >= 4 is 10.0 Å². The van der Waals surface area contributed by atoms with Crippen molar-refractivity contribution in [3.8, 4) is 0 Å². The topological polar surface area (TPSA) is 83.1 Å². The van der Waals surface area contributed by atoms with Gasteiger partial charge in [-0.2, -0.15) is 0 Å². The molecule has 0 aromatic heterocycles. The molecule has 2 saturated heterocycles. The lowest BCUT2D eigenvalue weighted by Gasteiger charge is -2.26. The molecular weight excluding hydrogens is 406 g/mol. The van der Waals surface area contributed by atoms with E-state index in [2.05, 4.69) is 11.6 Å². The normalized spacial score (nSPS) is 28.0. The van der Waals surface area contributed by atoms with Crippen LogP contribution in [0, 0.1) is 6.92 Å². The summed E-state index contributed by atoms with van der Waals surface area (Å²) in [6, 6.07) is 6.75. The number of sulfonamides is 1. The van der Waals surface area contributed by atoms with E-state index >= 15 is 0 Å². The molecule has 2 fully saturated rings. The standard InChI is InChI=1S/C22H35NO6S/c1-5-6-7-8-9-14-26-19-18(27-21-20(19)28-22(3,4)29-21)15-23-30(24,25)17-12-10-16(2)11-13-17/h10-13,18-21,23H,5-9,14-15H2,1-4H3/t18-,19+,20-,21-/m1/s1. The van der Waals surface area contributed by atoms with Gasteiger partial charge in [-0.1, -0.05) is 50.3 Å². The van der Waals surface area contributed by atoms with Crippen LogP contribution in [0.1, 0.15) is 58.4 Å². The van der Waals surface area contributed by atoms with Gasteiger partial charge in [-0.25, -0.2) is 13.1 Å². The van der Waals surface area contributed by atoms with E-state index in [1.807, 2.05) is 20.8 Å². The maximum Gasteiger partial charge on any atom is 0.240 e. The first-order chi connectivity index (χ1) is 14.2. The second-order valence-corrected chi connectivity index (χ2v) is 10.3. The fraction of sp³-hybridized carbons (Fsp3) is 0.727. The number of rotatable bonds is 11. The molecule has 0 amide bonds. The Balaban J connectivity index is 1.59. The first kappa shape index (κ1) is 23.6. The highest BCUT2D eigenvalue weighted by atomic mass is 32.2. The van der Waals surface area contributed by atoms with Gasteiger partial charge in [-0.3, -0.25) is 0 Å². The van der Waals surface area contributed by atoms with Crippen molar-refractivity contribution in [2.45, 2.75) is 95.1 Å². The van der Waals surface area contributed by atoms with Gasteiger partial charge in [-0.05, 0) is 39.3 Å². The van der Waals surface area contributed by atoms with Gasteiger partial charge in [0.25, 0.3) is 0 Å². The molecule has 7 nitrogen and oxygen atoms in total. The fourth-order valence-corrected chi connectivity index (χ4v) is 4.88. The predicted octanol–water partition coefficient (Wildman–Crippen LogP) is 3.51. The zero-order valence-electron chi connectivity index (χ0n) is 18.4. The largest absolute Gasteiger partial charge is 0.373 e. The van der Waals surface area contributed by atoms with Crippen LogP contribution in [-0.2, 0) is 29.0 Å². The Morgan fingerprint density at radius 3 is 2.47 bits per heavy atom. The third-order valence-electron chi connectivity index (χ3n) is 5.45. The van der Waals surface area contributed by atoms with Gasteiger partial charge >= 0.3 is 0 Å². The van der Waals surface area contributed by atoms with Gasteiger partial charge in [0.05, 0.1) is 4.90 Å². The maximum atomic E-state index is 12.6. The molecule has 0 radical (unpaired) electrons. The molecule has 0 spiro atoms. The Morgan fingerprint density at radius 1 is 1.07 bits per heavy atom. The molecule has 2 aliphatic heterocycles. The van der Waals surface area contributed by atoms with E-state index in [4.69, 9.17) is 18.9 Å². The van der Waals surface area contributed by atoms with Crippen molar-refractivity contribution in [2.75, 3.05) is 13.2 Å². The highest BCUT2D eigenvalue weighted by molar-refractivity contribution is 7.89. The summed E-state index contributed by atoms with van der Waals surface area (Å²) in [7, 11) is -3.64. The third kappa shape index (κ3) is 6.02. The van der Waals surface area contributed by atoms with Crippen LogP contribution in [-0.4, -0.2) is 52.0 Å². The van der Waals surface area contributed by atoms with Crippen LogP contribution < -0.4 is 4.72 Å². The number of hydrogen-bond donors (Lipinski definition) is 1. The molecule has 1 aromatic carbocycles. The second-order valence-electron chi connectivity index (χ2n) is 8.56. The Hall–Kier alpha value is -1.03. The average molecular weight is 442 g/mol. The molecule has 3 rings (SSSR count). The zero-order chi connectivity index (χ0) is 21.8. The second kappa shape index (κ2) is 10.1. The van der Waals surface area contributed by atoms with Crippen molar-refractivity contribution in [1.82, 2.24) is 4.72 Å². The zero-order valence-corrected chi connectivity index (χ0v) is 19.2. The minimum Gasteiger partial charge on any atom is -0.373 e. The molecular formula is C22H35NO6S. The van der Waals surface area contributed by atoms with Gasteiger partial charge in [0.2, 0.25) is 10.0 Å². The van der Waals surface area contributed by atoms with Crippen LogP contribution in [0.25, 0.3) is 0 Å². The van der Waals surface area contributed by atoms with Gasteiger partial charge in [0.15, 0.2) is 12.1 Å². The monoisotopic (exact) mass is 441 g/mol.